The Morgan fingerprint density at radius 2 is 2.40 bits per heavy atom. The van der Waals surface area contributed by atoms with Crippen LogP contribution in [0.15, 0.2) is 6.20 Å². The Labute approximate surface area is 99.8 Å². The van der Waals surface area contributed by atoms with Crippen molar-refractivity contribution in [1.29, 1.82) is 0 Å². The van der Waals surface area contributed by atoms with E-state index < -0.39 is 0 Å². The molecular weight excluding hydrogens is 228 g/mol. The summed E-state index contributed by atoms with van der Waals surface area (Å²) in [6, 6.07) is 0. The van der Waals surface area contributed by atoms with Crippen molar-refractivity contribution in [3.8, 4) is 0 Å². The molecule has 0 bridgehead atoms. The monoisotopic (exact) mass is 242 g/mol. The number of rotatable bonds is 2. The van der Waals surface area contributed by atoms with Crippen LogP contribution >= 0.6 is 23.4 Å². The zero-order chi connectivity index (χ0) is 10.9. The van der Waals surface area contributed by atoms with Gasteiger partial charge in [0.05, 0.1) is 16.3 Å². The van der Waals surface area contributed by atoms with E-state index in [0.717, 1.165) is 17.1 Å². The van der Waals surface area contributed by atoms with Crippen molar-refractivity contribution in [2.45, 2.75) is 37.3 Å². The average Bonchev–Trinajstić information content (AvgIpc) is 2.67. The lowest BCUT2D eigenvalue weighted by molar-refractivity contribution is 0.600. The largest absolute Gasteiger partial charge is 0.240 e. The van der Waals surface area contributed by atoms with Crippen LogP contribution in [0.25, 0.3) is 0 Å². The third-order valence-corrected chi connectivity index (χ3v) is 4.66. The normalized spacial score (nSPS) is 25.8. The van der Waals surface area contributed by atoms with Gasteiger partial charge in [-0.3, -0.25) is 0 Å². The minimum Gasteiger partial charge on any atom is -0.240 e. The molecule has 0 aliphatic carbocycles. The van der Waals surface area contributed by atoms with E-state index in [9.17, 15) is 0 Å². The lowest BCUT2D eigenvalue weighted by atomic mass is 10.0. The van der Waals surface area contributed by atoms with Crippen molar-refractivity contribution in [1.82, 2.24) is 9.97 Å². The van der Waals surface area contributed by atoms with E-state index in [1.54, 1.807) is 0 Å². The summed E-state index contributed by atoms with van der Waals surface area (Å²) in [5, 5.41) is 0. The van der Waals surface area contributed by atoms with Crippen LogP contribution in [0, 0.1) is 6.92 Å². The molecule has 0 N–H and O–H groups in total. The number of alkyl halides is 1. The molecule has 1 aliphatic rings. The van der Waals surface area contributed by atoms with Gasteiger partial charge in [-0.05, 0) is 38.0 Å². The van der Waals surface area contributed by atoms with Crippen LogP contribution in [0.1, 0.15) is 36.8 Å². The second kappa shape index (κ2) is 4.30. The van der Waals surface area contributed by atoms with E-state index in [-0.39, 0.29) is 4.75 Å². The molecule has 1 unspecified atom stereocenters. The number of hydrogen-bond donors (Lipinski definition) is 0. The van der Waals surface area contributed by atoms with Crippen molar-refractivity contribution >= 4 is 23.4 Å². The standard InChI is InChI=1S/C11H15ClN2S/c1-8-7-13-10(14-9(8)6-12)11(2)4-3-5-15-11/h7H,3-6H2,1-2H3. The van der Waals surface area contributed by atoms with Crippen LogP contribution in [-0.4, -0.2) is 15.7 Å². The van der Waals surface area contributed by atoms with Gasteiger partial charge in [0.1, 0.15) is 5.82 Å². The highest BCUT2D eigenvalue weighted by atomic mass is 35.5. The summed E-state index contributed by atoms with van der Waals surface area (Å²) in [5.74, 6) is 2.64. The molecule has 1 aromatic heterocycles. The number of halogens is 1. The van der Waals surface area contributed by atoms with Gasteiger partial charge in [-0.1, -0.05) is 0 Å². The third-order valence-electron chi connectivity index (χ3n) is 2.89. The minimum atomic E-state index is 0.106. The first-order valence-corrected chi connectivity index (χ1v) is 6.70. The van der Waals surface area contributed by atoms with E-state index in [1.165, 1.54) is 18.6 Å². The van der Waals surface area contributed by atoms with Crippen LogP contribution in [0.2, 0.25) is 0 Å². The first-order valence-electron chi connectivity index (χ1n) is 5.18. The fraction of sp³-hybridized carbons (Fsp3) is 0.636. The van der Waals surface area contributed by atoms with Gasteiger partial charge in [0.25, 0.3) is 0 Å². The highest BCUT2D eigenvalue weighted by Crippen LogP contribution is 2.44. The Bertz CT molecular complexity index is 362. The average molecular weight is 243 g/mol. The van der Waals surface area contributed by atoms with E-state index in [4.69, 9.17) is 11.6 Å². The van der Waals surface area contributed by atoms with Crippen molar-refractivity contribution in [3.05, 3.63) is 23.3 Å². The summed E-state index contributed by atoms with van der Waals surface area (Å²) in [7, 11) is 0. The maximum absolute atomic E-state index is 5.86. The molecule has 0 radical (unpaired) electrons. The third kappa shape index (κ3) is 2.13. The Morgan fingerprint density at radius 3 is 3.00 bits per heavy atom. The molecule has 1 aromatic rings. The van der Waals surface area contributed by atoms with Crippen molar-refractivity contribution in [2.24, 2.45) is 0 Å². The first kappa shape index (κ1) is 11.2. The fourth-order valence-electron chi connectivity index (χ4n) is 1.82. The molecule has 1 saturated heterocycles. The number of hydrogen-bond acceptors (Lipinski definition) is 3. The molecule has 1 aliphatic heterocycles. The molecule has 82 valence electrons. The van der Waals surface area contributed by atoms with Crippen LogP contribution in [0.4, 0.5) is 0 Å². The van der Waals surface area contributed by atoms with E-state index in [0.29, 0.717) is 5.88 Å². The van der Waals surface area contributed by atoms with Gasteiger partial charge in [-0.25, -0.2) is 9.97 Å². The maximum Gasteiger partial charge on any atom is 0.144 e. The summed E-state index contributed by atoms with van der Waals surface area (Å²) < 4.78 is 0.106. The molecule has 2 rings (SSSR count). The molecular formula is C11H15ClN2S. The summed E-state index contributed by atoms with van der Waals surface area (Å²) in [6.45, 7) is 4.24. The van der Waals surface area contributed by atoms with Gasteiger partial charge in [-0.15, -0.1) is 23.4 Å². The lowest BCUT2D eigenvalue weighted by Gasteiger charge is -2.21. The van der Waals surface area contributed by atoms with Crippen LogP contribution in [0.5, 0.6) is 0 Å². The molecule has 1 fully saturated rings. The van der Waals surface area contributed by atoms with Gasteiger partial charge in [0.15, 0.2) is 0 Å². The van der Waals surface area contributed by atoms with E-state index >= 15 is 0 Å². The fourth-order valence-corrected chi connectivity index (χ4v) is 3.35. The second-order valence-electron chi connectivity index (χ2n) is 4.14. The highest BCUT2D eigenvalue weighted by Gasteiger charge is 2.34. The van der Waals surface area contributed by atoms with E-state index in [1.807, 2.05) is 24.9 Å². The number of aryl methyl sites for hydroxylation is 1. The number of nitrogens with zero attached hydrogens (tertiary/aromatic N) is 2. The van der Waals surface area contributed by atoms with Gasteiger partial charge in [-0.2, -0.15) is 0 Å². The molecule has 1 atom stereocenters. The number of thioether (sulfide) groups is 1. The topological polar surface area (TPSA) is 25.8 Å². The smallest absolute Gasteiger partial charge is 0.144 e. The molecule has 0 spiro atoms. The molecule has 15 heavy (non-hydrogen) atoms. The van der Waals surface area contributed by atoms with Crippen molar-refractivity contribution in [3.63, 3.8) is 0 Å². The van der Waals surface area contributed by atoms with Gasteiger partial charge in [0.2, 0.25) is 0 Å². The van der Waals surface area contributed by atoms with Crippen molar-refractivity contribution < 1.29 is 0 Å². The predicted octanol–water partition coefficient (Wildman–Crippen LogP) is 3.27. The number of aromatic nitrogens is 2. The van der Waals surface area contributed by atoms with Crippen LogP contribution in [-0.2, 0) is 10.6 Å². The summed E-state index contributed by atoms with van der Waals surface area (Å²) in [4.78, 5) is 9.03. The summed E-state index contributed by atoms with van der Waals surface area (Å²) >= 11 is 7.81. The zero-order valence-electron chi connectivity index (χ0n) is 9.09. The van der Waals surface area contributed by atoms with Gasteiger partial charge >= 0.3 is 0 Å². The van der Waals surface area contributed by atoms with Gasteiger partial charge in [0, 0.05) is 6.20 Å². The lowest BCUT2D eigenvalue weighted by Crippen LogP contribution is -2.18. The zero-order valence-corrected chi connectivity index (χ0v) is 10.7. The Kier molecular flexibility index (Phi) is 3.21. The Morgan fingerprint density at radius 1 is 1.60 bits per heavy atom. The Hall–Kier alpha value is -0.280. The maximum atomic E-state index is 5.86. The van der Waals surface area contributed by atoms with E-state index in [2.05, 4.69) is 16.9 Å². The van der Waals surface area contributed by atoms with Crippen molar-refractivity contribution in [2.75, 3.05) is 5.75 Å². The predicted molar refractivity (Wildman–Crippen MR) is 65.4 cm³/mol. The highest BCUT2D eigenvalue weighted by molar-refractivity contribution is 8.00. The van der Waals surface area contributed by atoms with Crippen LogP contribution < -0.4 is 0 Å². The molecule has 2 heterocycles. The second-order valence-corrected chi connectivity index (χ2v) is 6.01. The molecule has 0 amide bonds. The minimum absolute atomic E-state index is 0.106. The quantitative estimate of drug-likeness (QED) is 0.745. The molecule has 0 aromatic carbocycles. The molecule has 4 heteroatoms. The Balaban J connectivity index is 2.36. The van der Waals surface area contributed by atoms with Crippen LogP contribution in [0.3, 0.4) is 0 Å². The summed E-state index contributed by atoms with van der Waals surface area (Å²) in [5.41, 5.74) is 2.05. The summed E-state index contributed by atoms with van der Waals surface area (Å²) in [6.07, 6.45) is 4.32. The van der Waals surface area contributed by atoms with Gasteiger partial charge < -0.3 is 0 Å². The molecule has 2 nitrogen and oxygen atoms in total. The SMILES string of the molecule is Cc1cnc(C2(C)CCCS2)nc1CCl. The molecule has 0 saturated carbocycles. The first-order chi connectivity index (χ1) is 7.15.